The molecule has 0 atom stereocenters. The minimum Gasteiger partial charge on any atom is -0.487 e. The Bertz CT molecular complexity index is 563. The van der Waals surface area contributed by atoms with E-state index in [0.717, 1.165) is 11.3 Å². The van der Waals surface area contributed by atoms with Crippen molar-refractivity contribution in [2.45, 2.75) is 11.9 Å². The molecular weight excluding hydrogens is 294 g/mol. The Kier molecular flexibility index (Phi) is 4.26. The third-order valence-corrected chi connectivity index (χ3v) is 2.90. The zero-order valence-corrected chi connectivity index (χ0v) is 11.1. The van der Waals surface area contributed by atoms with Gasteiger partial charge in [-0.05, 0) is 18.2 Å². The van der Waals surface area contributed by atoms with Crippen LogP contribution >= 0.6 is 15.9 Å². The Morgan fingerprint density at radius 3 is 2.83 bits per heavy atom. The fourth-order valence-corrected chi connectivity index (χ4v) is 1.72. The maximum absolute atomic E-state index is 8.90. The van der Waals surface area contributed by atoms with Crippen LogP contribution in [0.15, 0.2) is 36.7 Å². The summed E-state index contributed by atoms with van der Waals surface area (Å²) in [5.41, 5.74) is 2.11. The Balaban J connectivity index is 2.05. The van der Waals surface area contributed by atoms with Crippen LogP contribution in [0.4, 0.5) is 0 Å². The maximum Gasteiger partial charge on any atom is 0.147 e. The molecule has 2 aromatic rings. The molecule has 0 saturated carbocycles. The summed E-state index contributed by atoms with van der Waals surface area (Å²) >= 11 is 3.33. The average Bonchev–Trinajstić information content (AvgIpc) is 2.46. The molecule has 4 nitrogen and oxygen atoms in total. The second-order valence-corrected chi connectivity index (χ2v) is 4.09. The Hall–Kier alpha value is -1.93. The van der Waals surface area contributed by atoms with E-state index in [1.54, 1.807) is 18.5 Å². The number of halogens is 1. The SMILES string of the molecule is N#Cc1ncccc1COc1ccc(CBr)nc1. The van der Waals surface area contributed by atoms with Crippen LogP contribution in [0.3, 0.4) is 0 Å². The van der Waals surface area contributed by atoms with Gasteiger partial charge in [-0.2, -0.15) is 5.26 Å². The van der Waals surface area contributed by atoms with Crippen LogP contribution < -0.4 is 4.74 Å². The van der Waals surface area contributed by atoms with Gasteiger partial charge in [0, 0.05) is 17.1 Å². The minimum atomic E-state index is 0.312. The molecule has 5 heteroatoms. The largest absolute Gasteiger partial charge is 0.487 e. The number of hydrogen-bond acceptors (Lipinski definition) is 4. The Morgan fingerprint density at radius 2 is 2.17 bits per heavy atom. The van der Waals surface area contributed by atoms with E-state index in [0.29, 0.717) is 23.4 Å². The van der Waals surface area contributed by atoms with Crippen LogP contribution in [-0.2, 0) is 11.9 Å². The smallest absolute Gasteiger partial charge is 0.147 e. The van der Waals surface area contributed by atoms with E-state index in [9.17, 15) is 0 Å². The summed E-state index contributed by atoms with van der Waals surface area (Å²) < 4.78 is 5.57. The number of pyridine rings is 2. The van der Waals surface area contributed by atoms with Crippen LogP contribution in [0.25, 0.3) is 0 Å². The molecule has 0 radical (unpaired) electrons. The molecule has 0 aliphatic heterocycles. The summed E-state index contributed by atoms with van der Waals surface area (Å²) in [6, 6.07) is 9.39. The molecule has 0 bridgehead atoms. The highest BCUT2D eigenvalue weighted by Crippen LogP contribution is 2.14. The van der Waals surface area contributed by atoms with Gasteiger partial charge in [0.1, 0.15) is 24.1 Å². The van der Waals surface area contributed by atoms with Gasteiger partial charge >= 0.3 is 0 Å². The lowest BCUT2D eigenvalue weighted by Gasteiger charge is -2.06. The van der Waals surface area contributed by atoms with E-state index >= 15 is 0 Å². The zero-order valence-electron chi connectivity index (χ0n) is 9.51. The highest BCUT2D eigenvalue weighted by Gasteiger charge is 2.03. The van der Waals surface area contributed by atoms with Gasteiger partial charge in [-0.15, -0.1) is 0 Å². The van der Waals surface area contributed by atoms with Crippen molar-refractivity contribution in [1.29, 1.82) is 5.26 Å². The molecule has 0 unspecified atom stereocenters. The highest BCUT2D eigenvalue weighted by molar-refractivity contribution is 9.08. The van der Waals surface area contributed by atoms with Crippen molar-refractivity contribution in [2.24, 2.45) is 0 Å². The standard InChI is InChI=1S/C13H10BrN3O/c14-6-11-3-4-12(8-17-11)18-9-10-2-1-5-16-13(10)7-15/h1-5,8H,6,9H2. The summed E-state index contributed by atoms with van der Waals surface area (Å²) in [6.45, 7) is 0.312. The van der Waals surface area contributed by atoms with Gasteiger partial charge in [-0.1, -0.05) is 22.0 Å². The maximum atomic E-state index is 8.90. The molecule has 2 rings (SSSR count). The van der Waals surface area contributed by atoms with Crippen molar-refractivity contribution in [2.75, 3.05) is 0 Å². The Morgan fingerprint density at radius 1 is 1.28 bits per heavy atom. The average molecular weight is 304 g/mol. The topological polar surface area (TPSA) is 58.8 Å². The third-order valence-electron chi connectivity index (χ3n) is 2.33. The minimum absolute atomic E-state index is 0.312. The van der Waals surface area contributed by atoms with Crippen LogP contribution in [0, 0.1) is 11.3 Å². The van der Waals surface area contributed by atoms with Crippen molar-refractivity contribution in [3.05, 3.63) is 53.6 Å². The van der Waals surface area contributed by atoms with Gasteiger partial charge in [-0.25, -0.2) is 4.98 Å². The van der Waals surface area contributed by atoms with E-state index in [2.05, 4.69) is 25.9 Å². The second-order valence-electron chi connectivity index (χ2n) is 3.53. The Labute approximate surface area is 113 Å². The van der Waals surface area contributed by atoms with E-state index in [1.807, 2.05) is 24.3 Å². The van der Waals surface area contributed by atoms with Crippen molar-refractivity contribution >= 4 is 15.9 Å². The van der Waals surface area contributed by atoms with Crippen molar-refractivity contribution in [1.82, 2.24) is 9.97 Å². The normalized spacial score (nSPS) is 9.78. The molecule has 2 heterocycles. The summed E-state index contributed by atoms with van der Waals surface area (Å²) in [6.07, 6.45) is 3.26. The summed E-state index contributed by atoms with van der Waals surface area (Å²) in [7, 11) is 0. The molecule has 0 aliphatic rings. The number of hydrogen-bond donors (Lipinski definition) is 0. The van der Waals surface area contributed by atoms with Crippen molar-refractivity contribution < 1.29 is 4.74 Å². The third kappa shape index (κ3) is 3.05. The van der Waals surface area contributed by atoms with Crippen LogP contribution in [0.5, 0.6) is 5.75 Å². The summed E-state index contributed by atoms with van der Waals surface area (Å²) in [5.74, 6) is 0.674. The number of rotatable bonds is 4. The molecule has 0 spiro atoms. The fraction of sp³-hybridized carbons (Fsp3) is 0.154. The molecule has 0 aliphatic carbocycles. The highest BCUT2D eigenvalue weighted by atomic mass is 79.9. The number of nitrogens with zero attached hydrogens (tertiary/aromatic N) is 3. The van der Waals surface area contributed by atoms with Gasteiger partial charge in [0.25, 0.3) is 0 Å². The molecule has 0 fully saturated rings. The monoisotopic (exact) mass is 303 g/mol. The number of ether oxygens (including phenoxy) is 1. The number of nitriles is 1. The lowest BCUT2D eigenvalue weighted by molar-refractivity contribution is 0.304. The van der Waals surface area contributed by atoms with Crippen LogP contribution in [-0.4, -0.2) is 9.97 Å². The number of alkyl halides is 1. The van der Waals surface area contributed by atoms with Crippen molar-refractivity contribution in [3.63, 3.8) is 0 Å². The van der Waals surface area contributed by atoms with Gasteiger partial charge < -0.3 is 4.74 Å². The molecular formula is C13H10BrN3O. The molecule has 0 saturated heterocycles. The molecule has 0 aromatic carbocycles. The van der Waals surface area contributed by atoms with E-state index in [4.69, 9.17) is 10.00 Å². The zero-order chi connectivity index (χ0) is 12.8. The summed E-state index contributed by atoms with van der Waals surface area (Å²) in [5, 5.41) is 9.62. The van der Waals surface area contributed by atoms with E-state index in [-0.39, 0.29) is 0 Å². The first-order valence-electron chi connectivity index (χ1n) is 5.31. The number of aromatic nitrogens is 2. The molecule has 18 heavy (non-hydrogen) atoms. The lowest BCUT2D eigenvalue weighted by Crippen LogP contribution is -2.00. The van der Waals surface area contributed by atoms with Gasteiger partial charge in [-0.3, -0.25) is 4.98 Å². The van der Waals surface area contributed by atoms with E-state index < -0.39 is 0 Å². The molecule has 2 aromatic heterocycles. The molecule has 0 amide bonds. The van der Waals surface area contributed by atoms with Crippen LogP contribution in [0.1, 0.15) is 17.0 Å². The quantitative estimate of drug-likeness (QED) is 0.815. The second kappa shape index (κ2) is 6.12. The van der Waals surface area contributed by atoms with Crippen LogP contribution in [0.2, 0.25) is 0 Å². The predicted octanol–water partition coefficient (Wildman–Crippen LogP) is 2.82. The first-order valence-corrected chi connectivity index (χ1v) is 6.43. The van der Waals surface area contributed by atoms with E-state index in [1.165, 1.54) is 0 Å². The van der Waals surface area contributed by atoms with Crippen molar-refractivity contribution in [3.8, 4) is 11.8 Å². The lowest BCUT2D eigenvalue weighted by atomic mass is 10.2. The fourth-order valence-electron chi connectivity index (χ4n) is 1.39. The van der Waals surface area contributed by atoms with Gasteiger partial charge in [0.05, 0.1) is 11.9 Å². The molecule has 90 valence electrons. The summed E-state index contributed by atoms with van der Waals surface area (Å²) in [4.78, 5) is 8.17. The first-order chi connectivity index (χ1) is 8.83. The molecule has 0 N–H and O–H groups in total. The predicted molar refractivity (Wildman–Crippen MR) is 70.2 cm³/mol. The first kappa shape index (κ1) is 12.5. The van der Waals surface area contributed by atoms with Gasteiger partial charge in [0.15, 0.2) is 0 Å². The van der Waals surface area contributed by atoms with Gasteiger partial charge in [0.2, 0.25) is 0 Å².